The van der Waals surface area contributed by atoms with Gasteiger partial charge in [0.15, 0.2) is 5.11 Å². The van der Waals surface area contributed by atoms with Gasteiger partial charge in [-0.25, -0.2) is 4.68 Å². The van der Waals surface area contributed by atoms with E-state index in [1.165, 1.54) is 0 Å². The summed E-state index contributed by atoms with van der Waals surface area (Å²) in [5.74, 6) is 0. The molecule has 0 aliphatic heterocycles. The number of aromatic nitrogens is 2. The van der Waals surface area contributed by atoms with Crippen LogP contribution in [0.3, 0.4) is 0 Å². The number of unbranched alkanes of at least 4 members (excludes halogenated alkanes) is 1. The average molecular weight is 330 g/mol. The zero-order chi connectivity index (χ0) is 16.7. The third-order valence-corrected chi connectivity index (χ3v) is 4.13. The molecule has 0 fully saturated rings. The second-order valence-corrected chi connectivity index (χ2v) is 5.72. The highest BCUT2D eigenvalue weighted by Gasteiger charge is 2.04. The normalized spacial score (nSPS) is 10.3. The first kappa shape index (κ1) is 17.1. The molecule has 0 unspecified atom stereocenters. The minimum Gasteiger partial charge on any atom is -0.366 e. The van der Waals surface area contributed by atoms with Gasteiger partial charge in [0, 0.05) is 38.8 Å². The van der Waals surface area contributed by atoms with E-state index >= 15 is 0 Å². The molecule has 2 rings (SSSR count). The second-order valence-electron chi connectivity index (χ2n) is 5.33. The maximum absolute atomic E-state index is 11.9. The van der Waals surface area contributed by atoms with Gasteiger partial charge >= 0.3 is 0 Å². The minimum absolute atomic E-state index is 0.0659. The van der Waals surface area contributed by atoms with Crippen molar-refractivity contribution in [3.63, 3.8) is 0 Å². The molecule has 0 amide bonds. The summed E-state index contributed by atoms with van der Waals surface area (Å²) in [6.07, 6.45) is 1.82. The fourth-order valence-corrected chi connectivity index (χ4v) is 2.37. The van der Waals surface area contributed by atoms with Gasteiger partial charge in [0.2, 0.25) is 0 Å². The van der Waals surface area contributed by atoms with Crippen molar-refractivity contribution in [1.29, 1.82) is 0 Å². The first-order valence-corrected chi connectivity index (χ1v) is 8.09. The molecule has 6 heteroatoms. The van der Waals surface area contributed by atoms with Gasteiger partial charge in [-0.05, 0) is 31.1 Å². The molecule has 0 radical (unpaired) electrons. The number of hydrogen-bond acceptors (Lipinski definition) is 3. The van der Waals surface area contributed by atoms with Crippen LogP contribution in [0.2, 0.25) is 0 Å². The molecule has 1 aromatic heterocycles. The van der Waals surface area contributed by atoms with Crippen LogP contribution in [0.4, 0.5) is 0 Å². The topological polar surface area (TPSA) is 50.2 Å². The fourth-order valence-electron chi connectivity index (χ4n) is 2.27. The molecule has 0 saturated carbocycles. The van der Waals surface area contributed by atoms with Crippen molar-refractivity contribution in [1.82, 2.24) is 20.0 Å². The zero-order valence-electron chi connectivity index (χ0n) is 13.5. The molecule has 0 bridgehead atoms. The molecule has 23 heavy (non-hydrogen) atoms. The van der Waals surface area contributed by atoms with E-state index in [4.69, 9.17) is 12.2 Å². The molecule has 0 atom stereocenters. The summed E-state index contributed by atoms with van der Waals surface area (Å²) >= 11 is 5.16. The molecule has 5 nitrogen and oxygen atoms in total. The van der Waals surface area contributed by atoms with Crippen LogP contribution in [0, 0.1) is 0 Å². The Morgan fingerprint density at radius 2 is 1.96 bits per heavy atom. The predicted octanol–water partition coefficient (Wildman–Crippen LogP) is 2.13. The number of hydrogen-bond donors (Lipinski definition) is 1. The molecule has 1 heterocycles. The van der Waals surface area contributed by atoms with Gasteiger partial charge in [-0.3, -0.25) is 4.79 Å². The largest absolute Gasteiger partial charge is 0.366 e. The van der Waals surface area contributed by atoms with E-state index in [0.29, 0.717) is 6.54 Å². The molecular formula is C17H22N4OS. The molecule has 0 saturated heterocycles. The van der Waals surface area contributed by atoms with Gasteiger partial charge in [-0.15, -0.1) is 0 Å². The first-order chi connectivity index (χ1) is 11.1. The Bertz CT molecular complexity index is 699. The van der Waals surface area contributed by atoms with Crippen LogP contribution >= 0.6 is 12.2 Å². The molecule has 122 valence electrons. The standard InChI is InChI=1S/C17H22N4OS/c1-18-17(23)20(2)12-6-7-13-21-16(22)11-10-15(19-21)14-8-4-3-5-9-14/h3-5,8-11H,6-7,12-13H2,1-2H3,(H,18,23). The maximum atomic E-state index is 11.9. The van der Waals surface area contributed by atoms with E-state index in [9.17, 15) is 4.79 Å². The highest BCUT2D eigenvalue weighted by molar-refractivity contribution is 7.80. The van der Waals surface area contributed by atoms with Crippen molar-refractivity contribution in [2.24, 2.45) is 0 Å². The third-order valence-electron chi connectivity index (χ3n) is 3.61. The van der Waals surface area contributed by atoms with Crippen LogP contribution in [0.15, 0.2) is 47.3 Å². The molecule has 2 aromatic rings. The molecule has 0 aliphatic rings. The Kier molecular flexibility index (Phi) is 6.29. The lowest BCUT2D eigenvalue weighted by Crippen LogP contribution is -2.35. The predicted molar refractivity (Wildman–Crippen MR) is 97.5 cm³/mol. The van der Waals surface area contributed by atoms with Crippen molar-refractivity contribution in [2.75, 3.05) is 20.6 Å². The van der Waals surface area contributed by atoms with E-state index in [0.717, 1.165) is 35.8 Å². The molecule has 1 aromatic carbocycles. The van der Waals surface area contributed by atoms with E-state index < -0.39 is 0 Å². The number of nitrogens with zero attached hydrogens (tertiary/aromatic N) is 3. The van der Waals surface area contributed by atoms with Gasteiger partial charge in [-0.1, -0.05) is 30.3 Å². The highest BCUT2D eigenvalue weighted by atomic mass is 32.1. The average Bonchev–Trinajstić information content (AvgIpc) is 2.59. The number of aryl methyl sites for hydroxylation is 1. The van der Waals surface area contributed by atoms with Gasteiger partial charge in [0.25, 0.3) is 5.56 Å². The van der Waals surface area contributed by atoms with Crippen LogP contribution in [-0.2, 0) is 6.54 Å². The lowest BCUT2D eigenvalue weighted by atomic mass is 10.1. The lowest BCUT2D eigenvalue weighted by Gasteiger charge is -2.19. The van der Waals surface area contributed by atoms with Crippen molar-refractivity contribution < 1.29 is 0 Å². The summed E-state index contributed by atoms with van der Waals surface area (Å²) in [5, 5.41) is 8.14. The first-order valence-electron chi connectivity index (χ1n) is 7.68. The fraction of sp³-hybridized carbons (Fsp3) is 0.353. The van der Waals surface area contributed by atoms with Crippen molar-refractivity contribution in [3.8, 4) is 11.3 Å². The summed E-state index contributed by atoms with van der Waals surface area (Å²) < 4.78 is 1.54. The molecule has 0 aliphatic carbocycles. The van der Waals surface area contributed by atoms with Crippen molar-refractivity contribution in [2.45, 2.75) is 19.4 Å². The zero-order valence-corrected chi connectivity index (χ0v) is 14.3. The van der Waals surface area contributed by atoms with Crippen LogP contribution < -0.4 is 10.9 Å². The number of nitrogens with one attached hydrogen (secondary N) is 1. The Morgan fingerprint density at radius 3 is 2.65 bits per heavy atom. The third kappa shape index (κ3) is 4.89. The molecule has 0 spiro atoms. The van der Waals surface area contributed by atoms with E-state index in [1.807, 2.05) is 49.3 Å². The van der Waals surface area contributed by atoms with Gasteiger partial charge in [-0.2, -0.15) is 5.10 Å². The van der Waals surface area contributed by atoms with Crippen LogP contribution in [0.1, 0.15) is 12.8 Å². The Hall–Kier alpha value is -2.21. The SMILES string of the molecule is CNC(=S)N(C)CCCCn1nc(-c2ccccc2)ccc1=O. The van der Waals surface area contributed by atoms with E-state index in [1.54, 1.807) is 16.8 Å². The number of thiocarbonyl (C=S) groups is 1. The van der Waals surface area contributed by atoms with Crippen molar-refractivity contribution in [3.05, 3.63) is 52.8 Å². The van der Waals surface area contributed by atoms with E-state index in [-0.39, 0.29) is 5.56 Å². The summed E-state index contributed by atoms with van der Waals surface area (Å²) in [6, 6.07) is 13.2. The van der Waals surface area contributed by atoms with Gasteiger partial charge in [0.1, 0.15) is 0 Å². The Labute approximate surface area is 141 Å². The Balaban J connectivity index is 1.95. The molecule has 1 N–H and O–H groups in total. The Morgan fingerprint density at radius 1 is 1.22 bits per heavy atom. The molecular weight excluding hydrogens is 308 g/mol. The second kappa shape index (κ2) is 8.43. The van der Waals surface area contributed by atoms with Crippen molar-refractivity contribution >= 4 is 17.3 Å². The monoisotopic (exact) mass is 330 g/mol. The summed E-state index contributed by atoms with van der Waals surface area (Å²) in [6.45, 7) is 1.46. The number of rotatable bonds is 6. The summed E-state index contributed by atoms with van der Waals surface area (Å²) in [4.78, 5) is 13.9. The van der Waals surface area contributed by atoms with E-state index in [2.05, 4.69) is 10.4 Å². The highest BCUT2D eigenvalue weighted by Crippen LogP contribution is 2.14. The smallest absolute Gasteiger partial charge is 0.266 e. The van der Waals surface area contributed by atoms with Crippen LogP contribution in [0.5, 0.6) is 0 Å². The van der Waals surface area contributed by atoms with Gasteiger partial charge in [0.05, 0.1) is 5.69 Å². The van der Waals surface area contributed by atoms with Crippen LogP contribution in [-0.4, -0.2) is 40.4 Å². The van der Waals surface area contributed by atoms with Gasteiger partial charge < -0.3 is 10.2 Å². The number of benzene rings is 1. The van der Waals surface area contributed by atoms with Crippen LogP contribution in [0.25, 0.3) is 11.3 Å². The quantitative estimate of drug-likeness (QED) is 0.649. The lowest BCUT2D eigenvalue weighted by molar-refractivity contribution is 0.446. The minimum atomic E-state index is -0.0659. The summed E-state index contributed by atoms with van der Waals surface area (Å²) in [7, 11) is 3.77. The maximum Gasteiger partial charge on any atom is 0.266 e. The summed E-state index contributed by atoms with van der Waals surface area (Å²) in [5.41, 5.74) is 1.77.